The van der Waals surface area contributed by atoms with Crippen molar-refractivity contribution in [3.05, 3.63) is 11.1 Å². The lowest BCUT2D eigenvalue weighted by Crippen LogP contribution is -2.32. The molecule has 104 valence electrons. The number of aliphatic carboxylic acids is 1. The quantitative estimate of drug-likeness (QED) is 0.867. The summed E-state index contributed by atoms with van der Waals surface area (Å²) in [5.74, 6) is -0.794. The van der Waals surface area contributed by atoms with Crippen LogP contribution in [0.3, 0.4) is 0 Å². The number of carboxylic acids is 1. The van der Waals surface area contributed by atoms with Crippen LogP contribution < -0.4 is 5.32 Å². The average Bonchev–Trinajstić information content (AvgIpc) is 2.99. The highest BCUT2D eigenvalue weighted by molar-refractivity contribution is 7.13. The highest BCUT2D eigenvalue weighted by Crippen LogP contribution is 2.18. The molecule has 0 aliphatic carbocycles. The van der Waals surface area contributed by atoms with Crippen molar-refractivity contribution in [2.75, 3.05) is 18.4 Å². The first-order chi connectivity index (χ1) is 9.15. The second-order valence-electron chi connectivity index (χ2n) is 4.52. The van der Waals surface area contributed by atoms with Crippen LogP contribution in [0.5, 0.6) is 0 Å². The Labute approximate surface area is 115 Å². The standard InChI is InChI=1S/C12H17N3O3S/c16-10(17)5-3-4-9-8-19-11(13-9)14-12(18)15-6-1-2-7-15/h8H,1-7H2,(H,16,17)(H,13,14,18). The third kappa shape index (κ3) is 4.20. The molecule has 0 atom stereocenters. The molecule has 0 aromatic carbocycles. The molecular formula is C12H17N3O3S. The molecule has 0 bridgehead atoms. The predicted octanol–water partition coefficient (Wildman–Crippen LogP) is 2.18. The minimum Gasteiger partial charge on any atom is -0.481 e. The molecule has 1 saturated heterocycles. The molecule has 2 rings (SSSR count). The molecule has 2 N–H and O–H groups in total. The van der Waals surface area contributed by atoms with E-state index in [4.69, 9.17) is 5.11 Å². The molecule has 1 fully saturated rings. The summed E-state index contributed by atoms with van der Waals surface area (Å²) in [6.45, 7) is 1.62. The summed E-state index contributed by atoms with van der Waals surface area (Å²) >= 11 is 1.38. The number of carbonyl (C=O) groups excluding carboxylic acids is 1. The maximum atomic E-state index is 11.8. The van der Waals surface area contributed by atoms with Crippen molar-refractivity contribution < 1.29 is 14.7 Å². The van der Waals surface area contributed by atoms with E-state index in [0.29, 0.717) is 18.0 Å². The van der Waals surface area contributed by atoms with Gasteiger partial charge in [-0.3, -0.25) is 10.1 Å². The zero-order chi connectivity index (χ0) is 13.7. The summed E-state index contributed by atoms with van der Waals surface area (Å²) < 4.78 is 0. The first kappa shape index (κ1) is 13.8. The monoisotopic (exact) mass is 283 g/mol. The summed E-state index contributed by atoms with van der Waals surface area (Å²) in [6.07, 6.45) is 3.46. The lowest BCUT2D eigenvalue weighted by atomic mass is 10.2. The molecular weight excluding hydrogens is 266 g/mol. The average molecular weight is 283 g/mol. The van der Waals surface area contributed by atoms with Crippen molar-refractivity contribution in [1.29, 1.82) is 0 Å². The van der Waals surface area contributed by atoms with E-state index < -0.39 is 5.97 Å². The number of hydrogen-bond donors (Lipinski definition) is 2. The minimum atomic E-state index is -0.794. The van der Waals surface area contributed by atoms with Crippen LogP contribution in [0.2, 0.25) is 0 Å². The molecule has 0 unspecified atom stereocenters. The second kappa shape index (κ2) is 6.51. The Hall–Kier alpha value is -1.63. The van der Waals surface area contributed by atoms with E-state index in [2.05, 4.69) is 10.3 Å². The summed E-state index contributed by atoms with van der Waals surface area (Å²) in [7, 11) is 0. The Bertz CT molecular complexity index is 455. The van der Waals surface area contributed by atoms with Gasteiger partial charge in [0.05, 0.1) is 5.69 Å². The number of nitrogens with zero attached hydrogens (tertiary/aromatic N) is 2. The zero-order valence-electron chi connectivity index (χ0n) is 10.6. The number of carboxylic acid groups (broad SMARTS) is 1. The maximum absolute atomic E-state index is 11.8. The van der Waals surface area contributed by atoms with Gasteiger partial charge < -0.3 is 10.0 Å². The molecule has 1 aromatic heterocycles. The lowest BCUT2D eigenvalue weighted by Gasteiger charge is -2.14. The summed E-state index contributed by atoms with van der Waals surface area (Å²) in [6, 6.07) is -0.0936. The molecule has 7 heteroatoms. The van der Waals surface area contributed by atoms with Gasteiger partial charge in [-0.15, -0.1) is 11.3 Å². The van der Waals surface area contributed by atoms with Crippen LogP contribution in [0.25, 0.3) is 0 Å². The van der Waals surface area contributed by atoms with E-state index in [1.165, 1.54) is 11.3 Å². The Morgan fingerprint density at radius 2 is 2.16 bits per heavy atom. The van der Waals surface area contributed by atoms with Gasteiger partial charge in [-0.2, -0.15) is 0 Å². The summed E-state index contributed by atoms with van der Waals surface area (Å²) in [5, 5.41) is 13.8. The van der Waals surface area contributed by atoms with Crippen LogP contribution in [0.4, 0.5) is 9.93 Å². The first-order valence-corrected chi connectivity index (χ1v) is 7.25. The smallest absolute Gasteiger partial charge is 0.323 e. The largest absolute Gasteiger partial charge is 0.481 e. The number of anilines is 1. The number of urea groups is 1. The van der Waals surface area contributed by atoms with Crippen LogP contribution in [0.1, 0.15) is 31.4 Å². The highest BCUT2D eigenvalue weighted by atomic mass is 32.1. The Morgan fingerprint density at radius 3 is 2.84 bits per heavy atom. The molecule has 2 amide bonds. The fourth-order valence-corrected chi connectivity index (χ4v) is 2.73. The topological polar surface area (TPSA) is 82.5 Å². The fourth-order valence-electron chi connectivity index (χ4n) is 1.99. The van der Waals surface area contributed by atoms with E-state index >= 15 is 0 Å². The maximum Gasteiger partial charge on any atom is 0.323 e. The zero-order valence-corrected chi connectivity index (χ0v) is 11.4. The minimum absolute atomic E-state index is 0.0936. The van der Waals surface area contributed by atoms with E-state index in [-0.39, 0.29) is 12.5 Å². The number of nitrogens with one attached hydrogen (secondary N) is 1. The highest BCUT2D eigenvalue weighted by Gasteiger charge is 2.18. The van der Waals surface area contributed by atoms with Crippen molar-refractivity contribution in [2.45, 2.75) is 32.1 Å². The Balaban J connectivity index is 1.79. The van der Waals surface area contributed by atoms with E-state index in [9.17, 15) is 9.59 Å². The van der Waals surface area contributed by atoms with Gasteiger partial charge in [0.25, 0.3) is 0 Å². The second-order valence-corrected chi connectivity index (χ2v) is 5.37. The van der Waals surface area contributed by atoms with Gasteiger partial charge in [-0.1, -0.05) is 0 Å². The van der Waals surface area contributed by atoms with Gasteiger partial charge in [0.1, 0.15) is 0 Å². The number of amides is 2. The Kier molecular flexibility index (Phi) is 4.73. The SMILES string of the molecule is O=C(O)CCCc1csc(NC(=O)N2CCCC2)n1. The molecule has 0 spiro atoms. The van der Waals surface area contributed by atoms with Gasteiger partial charge in [-0.25, -0.2) is 9.78 Å². The van der Waals surface area contributed by atoms with Crippen LogP contribution >= 0.6 is 11.3 Å². The van der Waals surface area contributed by atoms with Crippen molar-refractivity contribution in [3.8, 4) is 0 Å². The van der Waals surface area contributed by atoms with Gasteiger partial charge in [-0.05, 0) is 25.7 Å². The van der Waals surface area contributed by atoms with Crippen molar-refractivity contribution >= 4 is 28.5 Å². The number of rotatable bonds is 5. The fraction of sp³-hybridized carbons (Fsp3) is 0.583. The molecule has 2 heterocycles. The molecule has 19 heavy (non-hydrogen) atoms. The third-order valence-corrected chi connectivity index (χ3v) is 3.79. The number of thiazole rings is 1. The predicted molar refractivity (Wildman–Crippen MR) is 72.5 cm³/mol. The molecule has 1 aliphatic rings. The Morgan fingerprint density at radius 1 is 1.42 bits per heavy atom. The van der Waals surface area contributed by atoms with Gasteiger partial charge in [0.2, 0.25) is 0 Å². The number of carbonyl (C=O) groups is 2. The number of aryl methyl sites for hydroxylation is 1. The summed E-state index contributed by atoms with van der Waals surface area (Å²) in [5.41, 5.74) is 0.836. The van der Waals surface area contributed by atoms with E-state index in [0.717, 1.165) is 31.6 Å². The number of hydrogen-bond acceptors (Lipinski definition) is 4. The molecule has 0 radical (unpaired) electrons. The van der Waals surface area contributed by atoms with Gasteiger partial charge >= 0.3 is 12.0 Å². The van der Waals surface area contributed by atoms with Crippen LogP contribution in [-0.4, -0.2) is 40.1 Å². The van der Waals surface area contributed by atoms with E-state index in [1.807, 2.05) is 5.38 Å². The number of aromatic nitrogens is 1. The first-order valence-electron chi connectivity index (χ1n) is 6.37. The van der Waals surface area contributed by atoms with Gasteiger partial charge in [0, 0.05) is 24.9 Å². The molecule has 6 nitrogen and oxygen atoms in total. The third-order valence-electron chi connectivity index (χ3n) is 2.98. The van der Waals surface area contributed by atoms with Crippen molar-refractivity contribution in [3.63, 3.8) is 0 Å². The van der Waals surface area contributed by atoms with Gasteiger partial charge in [0.15, 0.2) is 5.13 Å². The van der Waals surface area contributed by atoms with Crippen LogP contribution in [0.15, 0.2) is 5.38 Å². The van der Waals surface area contributed by atoms with Crippen molar-refractivity contribution in [2.24, 2.45) is 0 Å². The van der Waals surface area contributed by atoms with Crippen molar-refractivity contribution in [1.82, 2.24) is 9.88 Å². The van der Waals surface area contributed by atoms with Crippen LogP contribution in [-0.2, 0) is 11.2 Å². The normalized spacial score (nSPS) is 14.6. The van der Waals surface area contributed by atoms with E-state index in [1.54, 1.807) is 4.90 Å². The molecule has 1 aromatic rings. The summed E-state index contributed by atoms with van der Waals surface area (Å²) in [4.78, 5) is 28.3. The number of likely N-dealkylation sites (tertiary alicyclic amines) is 1. The lowest BCUT2D eigenvalue weighted by molar-refractivity contribution is -0.137. The van der Waals surface area contributed by atoms with Crippen LogP contribution in [0, 0.1) is 0 Å². The molecule has 0 saturated carbocycles. The molecule has 1 aliphatic heterocycles.